The van der Waals surface area contributed by atoms with Crippen molar-refractivity contribution in [1.29, 1.82) is 0 Å². The van der Waals surface area contributed by atoms with Crippen molar-refractivity contribution in [2.24, 2.45) is 0 Å². The van der Waals surface area contributed by atoms with Crippen molar-refractivity contribution in [2.45, 2.75) is 0 Å². The first kappa shape index (κ1) is 12.7. The first-order valence-corrected chi connectivity index (χ1v) is 6.05. The molecule has 5 nitrogen and oxygen atoms in total. The molecule has 0 saturated carbocycles. The number of aromatic carboxylic acids is 1. The average molecular weight is 327 g/mol. The molecule has 1 heterocycles. The molecule has 0 bridgehead atoms. The van der Waals surface area contributed by atoms with E-state index in [1.165, 1.54) is 0 Å². The normalized spacial score (nSPS) is 10.3. The van der Waals surface area contributed by atoms with Crippen molar-refractivity contribution in [1.82, 2.24) is 9.55 Å². The second-order valence-electron chi connectivity index (χ2n) is 3.43. The van der Waals surface area contributed by atoms with Crippen LogP contribution < -0.4 is 5.56 Å². The van der Waals surface area contributed by atoms with E-state index in [1.807, 2.05) is 0 Å². The lowest BCUT2D eigenvalue weighted by atomic mass is 10.3. The lowest BCUT2D eigenvalue weighted by Gasteiger charge is -2.06. The van der Waals surface area contributed by atoms with E-state index >= 15 is 0 Å². The molecule has 92 valence electrons. The van der Waals surface area contributed by atoms with E-state index in [0.717, 1.165) is 15.2 Å². The topological polar surface area (TPSA) is 75.1 Å². The fourth-order valence-corrected chi connectivity index (χ4v) is 1.96. The molecule has 2 aromatic rings. The van der Waals surface area contributed by atoms with E-state index in [4.69, 9.17) is 17.3 Å². The predicted molar refractivity (Wildman–Crippen MR) is 71.9 cm³/mol. The van der Waals surface area contributed by atoms with Crippen LogP contribution in [-0.4, -0.2) is 20.6 Å². The fraction of sp³-hybridized carbons (Fsp3) is 0. The minimum absolute atomic E-state index is 0.146. The number of hydrogen-bond acceptors (Lipinski definition) is 3. The molecule has 0 fully saturated rings. The van der Waals surface area contributed by atoms with Crippen LogP contribution in [0.1, 0.15) is 10.4 Å². The number of aromatic nitrogens is 2. The number of halogens is 1. The number of benzene rings is 1. The molecule has 0 radical (unpaired) electrons. The molecule has 0 atom stereocenters. The standard InChI is InChI=1S/C11H7BrN2O3S/c12-6-1-3-7(4-2-6)14-9(15)8(10(16)17)5-13-11(14)18/h1-5H,(H,13,18)(H,16,17). The molecule has 1 aromatic heterocycles. The summed E-state index contributed by atoms with van der Waals surface area (Å²) in [4.78, 5) is 25.5. The number of rotatable bonds is 2. The predicted octanol–water partition coefficient (Wildman–Crippen LogP) is 2.36. The number of carbonyl (C=O) groups is 1. The maximum Gasteiger partial charge on any atom is 0.342 e. The van der Waals surface area contributed by atoms with Gasteiger partial charge < -0.3 is 10.1 Å². The number of nitrogens with one attached hydrogen (secondary N) is 1. The summed E-state index contributed by atoms with van der Waals surface area (Å²) in [6.45, 7) is 0. The van der Waals surface area contributed by atoms with Gasteiger partial charge in [-0.25, -0.2) is 4.79 Å². The molecule has 0 amide bonds. The summed E-state index contributed by atoms with van der Waals surface area (Å²) in [5.41, 5.74) is -0.507. The smallest absolute Gasteiger partial charge is 0.342 e. The number of carboxylic acid groups (broad SMARTS) is 1. The first-order valence-electron chi connectivity index (χ1n) is 4.84. The van der Waals surface area contributed by atoms with E-state index in [9.17, 15) is 9.59 Å². The second-order valence-corrected chi connectivity index (χ2v) is 4.73. The van der Waals surface area contributed by atoms with Gasteiger partial charge in [0.25, 0.3) is 5.56 Å². The molecular formula is C11H7BrN2O3S. The molecule has 0 aliphatic heterocycles. The van der Waals surface area contributed by atoms with Crippen molar-refractivity contribution >= 4 is 34.1 Å². The number of nitrogens with zero attached hydrogens (tertiary/aromatic N) is 1. The Hall–Kier alpha value is -1.73. The molecule has 0 spiro atoms. The van der Waals surface area contributed by atoms with Crippen molar-refractivity contribution in [3.05, 3.63) is 55.6 Å². The Morgan fingerprint density at radius 2 is 1.94 bits per heavy atom. The lowest BCUT2D eigenvalue weighted by Crippen LogP contribution is -2.26. The van der Waals surface area contributed by atoms with Gasteiger partial charge in [-0.05, 0) is 36.5 Å². The Bertz CT molecular complexity index is 718. The minimum atomic E-state index is -1.29. The van der Waals surface area contributed by atoms with E-state index in [1.54, 1.807) is 24.3 Å². The zero-order valence-corrected chi connectivity index (χ0v) is 11.3. The minimum Gasteiger partial charge on any atom is -0.477 e. The van der Waals surface area contributed by atoms with Gasteiger partial charge >= 0.3 is 5.97 Å². The van der Waals surface area contributed by atoms with Crippen LogP contribution in [0.3, 0.4) is 0 Å². The van der Waals surface area contributed by atoms with Crippen LogP contribution in [0.15, 0.2) is 39.7 Å². The summed E-state index contributed by atoms with van der Waals surface area (Å²) < 4.78 is 2.14. The van der Waals surface area contributed by atoms with Crippen LogP contribution in [0.5, 0.6) is 0 Å². The first-order chi connectivity index (χ1) is 8.50. The molecule has 1 aromatic carbocycles. The SMILES string of the molecule is O=C(O)c1c[nH]c(=S)n(-c2ccc(Br)cc2)c1=O. The Morgan fingerprint density at radius 1 is 1.33 bits per heavy atom. The third-order valence-electron chi connectivity index (χ3n) is 2.29. The molecule has 7 heteroatoms. The van der Waals surface area contributed by atoms with Crippen molar-refractivity contribution in [3.8, 4) is 5.69 Å². The van der Waals surface area contributed by atoms with Crippen molar-refractivity contribution < 1.29 is 9.90 Å². The Morgan fingerprint density at radius 3 is 2.50 bits per heavy atom. The Labute approximate surface area is 115 Å². The molecule has 0 unspecified atom stereocenters. The van der Waals surface area contributed by atoms with Gasteiger partial charge in [0.05, 0.1) is 5.69 Å². The largest absolute Gasteiger partial charge is 0.477 e. The number of aromatic amines is 1. The number of carboxylic acids is 1. The average Bonchev–Trinajstić information content (AvgIpc) is 2.31. The van der Waals surface area contributed by atoms with Crippen LogP contribution in [0, 0.1) is 4.77 Å². The van der Waals surface area contributed by atoms with E-state index in [0.29, 0.717) is 5.69 Å². The lowest BCUT2D eigenvalue weighted by molar-refractivity contribution is 0.0694. The summed E-state index contributed by atoms with van der Waals surface area (Å²) in [7, 11) is 0. The summed E-state index contributed by atoms with van der Waals surface area (Å²) in [5, 5.41) is 8.90. The molecular weight excluding hydrogens is 320 g/mol. The van der Waals surface area contributed by atoms with Gasteiger partial charge in [-0.3, -0.25) is 9.36 Å². The molecule has 2 N–H and O–H groups in total. The summed E-state index contributed by atoms with van der Waals surface area (Å²) >= 11 is 8.28. The van der Waals surface area contributed by atoms with Crippen LogP contribution >= 0.6 is 28.1 Å². The summed E-state index contributed by atoms with van der Waals surface area (Å²) in [5.74, 6) is -1.29. The van der Waals surface area contributed by atoms with E-state index in [-0.39, 0.29) is 10.3 Å². The molecule has 18 heavy (non-hydrogen) atoms. The van der Waals surface area contributed by atoms with Gasteiger partial charge in [0.15, 0.2) is 4.77 Å². The fourth-order valence-electron chi connectivity index (χ4n) is 1.45. The summed E-state index contributed by atoms with van der Waals surface area (Å²) in [6.07, 6.45) is 1.10. The van der Waals surface area contributed by atoms with Gasteiger partial charge in [-0.15, -0.1) is 0 Å². The number of H-pyrrole nitrogens is 1. The number of hydrogen-bond donors (Lipinski definition) is 2. The van der Waals surface area contributed by atoms with Gasteiger partial charge in [-0.1, -0.05) is 15.9 Å². The maximum atomic E-state index is 12.0. The molecule has 0 aliphatic rings. The summed E-state index contributed by atoms with van der Waals surface area (Å²) in [6, 6.07) is 6.81. The highest BCUT2D eigenvalue weighted by Crippen LogP contribution is 2.13. The molecule has 2 rings (SSSR count). The maximum absolute atomic E-state index is 12.0. The highest BCUT2D eigenvalue weighted by Gasteiger charge is 2.12. The second kappa shape index (κ2) is 4.87. The van der Waals surface area contributed by atoms with Crippen LogP contribution in [0.4, 0.5) is 0 Å². The third-order valence-corrected chi connectivity index (χ3v) is 3.12. The van der Waals surface area contributed by atoms with Crippen molar-refractivity contribution in [3.63, 3.8) is 0 Å². The van der Waals surface area contributed by atoms with E-state index in [2.05, 4.69) is 20.9 Å². The highest BCUT2D eigenvalue weighted by molar-refractivity contribution is 9.10. The van der Waals surface area contributed by atoms with Crippen LogP contribution in [0.2, 0.25) is 0 Å². The van der Waals surface area contributed by atoms with E-state index < -0.39 is 11.5 Å². The third kappa shape index (κ3) is 2.27. The van der Waals surface area contributed by atoms with Crippen molar-refractivity contribution in [2.75, 3.05) is 0 Å². The Balaban J connectivity index is 2.75. The van der Waals surface area contributed by atoms with Gasteiger partial charge in [0.1, 0.15) is 5.56 Å². The zero-order chi connectivity index (χ0) is 13.3. The Kier molecular flexibility index (Phi) is 3.44. The van der Waals surface area contributed by atoms with Crippen LogP contribution in [-0.2, 0) is 0 Å². The van der Waals surface area contributed by atoms with Gasteiger partial charge in [-0.2, -0.15) is 0 Å². The molecule has 0 saturated heterocycles. The monoisotopic (exact) mass is 326 g/mol. The zero-order valence-electron chi connectivity index (χ0n) is 8.88. The highest BCUT2D eigenvalue weighted by atomic mass is 79.9. The van der Waals surface area contributed by atoms with Gasteiger partial charge in [0, 0.05) is 10.7 Å². The molecule has 0 aliphatic carbocycles. The van der Waals surface area contributed by atoms with Gasteiger partial charge in [0.2, 0.25) is 0 Å². The quantitative estimate of drug-likeness (QED) is 0.831. The van der Waals surface area contributed by atoms with Crippen LogP contribution in [0.25, 0.3) is 5.69 Å².